The Morgan fingerprint density at radius 2 is 1.96 bits per heavy atom. The smallest absolute Gasteiger partial charge is 0.224 e. The molecule has 0 atom stereocenters. The standard InChI is InChI=1S/C19H20N4O2S/c1-3-18(24)20-14-6-4-13(5-7-14)17-12-26-19(23-22-17)21-15-8-10-16(25-2)11-9-15/h4-11H,3,12H2,1-2H3,(H,20,24)(H,21,23). The van der Waals surface area contributed by atoms with Crippen molar-refractivity contribution in [2.45, 2.75) is 13.3 Å². The van der Waals surface area contributed by atoms with Gasteiger partial charge in [-0.1, -0.05) is 30.8 Å². The number of rotatable bonds is 5. The summed E-state index contributed by atoms with van der Waals surface area (Å²) in [6.07, 6.45) is 0.464. The van der Waals surface area contributed by atoms with Crippen LogP contribution in [0.5, 0.6) is 5.75 Å². The summed E-state index contributed by atoms with van der Waals surface area (Å²) in [6, 6.07) is 15.2. The monoisotopic (exact) mass is 368 g/mol. The first-order valence-corrected chi connectivity index (χ1v) is 9.25. The summed E-state index contributed by atoms with van der Waals surface area (Å²) in [7, 11) is 1.64. The zero-order valence-electron chi connectivity index (χ0n) is 14.7. The summed E-state index contributed by atoms with van der Waals surface area (Å²) in [5.74, 6) is 1.53. The highest BCUT2D eigenvalue weighted by Crippen LogP contribution is 2.21. The zero-order valence-corrected chi connectivity index (χ0v) is 15.5. The van der Waals surface area contributed by atoms with E-state index in [1.807, 2.05) is 55.5 Å². The summed E-state index contributed by atoms with van der Waals surface area (Å²) in [5.41, 5.74) is 6.59. The van der Waals surface area contributed by atoms with Gasteiger partial charge in [-0.15, -0.1) is 0 Å². The van der Waals surface area contributed by atoms with E-state index in [9.17, 15) is 4.79 Å². The first-order valence-electron chi connectivity index (χ1n) is 8.26. The second-order valence-corrected chi connectivity index (χ2v) is 6.52. The number of amides is 1. The first-order chi connectivity index (χ1) is 12.7. The fourth-order valence-corrected chi connectivity index (χ4v) is 3.08. The number of hydrazone groups is 1. The number of benzene rings is 2. The Morgan fingerprint density at radius 3 is 2.54 bits per heavy atom. The lowest BCUT2D eigenvalue weighted by Gasteiger charge is -2.15. The minimum Gasteiger partial charge on any atom is -0.497 e. The molecular weight excluding hydrogens is 348 g/mol. The molecule has 0 saturated carbocycles. The topological polar surface area (TPSA) is 75.1 Å². The number of nitrogens with one attached hydrogen (secondary N) is 2. The quantitative estimate of drug-likeness (QED) is 0.842. The molecule has 7 heteroatoms. The highest BCUT2D eigenvalue weighted by atomic mass is 32.2. The Balaban J connectivity index is 1.65. The summed E-state index contributed by atoms with van der Waals surface area (Å²) < 4.78 is 5.14. The Morgan fingerprint density at radius 1 is 1.23 bits per heavy atom. The molecule has 0 unspecified atom stereocenters. The number of carbonyl (C=O) groups excluding carboxylic acids is 1. The highest BCUT2D eigenvalue weighted by molar-refractivity contribution is 8.14. The van der Waals surface area contributed by atoms with Gasteiger partial charge in [0.15, 0.2) is 5.17 Å². The summed E-state index contributed by atoms with van der Waals surface area (Å²) >= 11 is 1.60. The number of aliphatic imine (C=N–C) groups is 1. The second-order valence-electron chi connectivity index (χ2n) is 5.55. The van der Waals surface area contributed by atoms with E-state index < -0.39 is 0 Å². The van der Waals surface area contributed by atoms with E-state index in [0.717, 1.165) is 39.3 Å². The third-order valence-electron chi connectivity index (χ3n) is 3.76. The normalized spacial score (nSPS) is 15.2. The van der Waals surface area contributed by atoms with Crippen LogP contribution < -0.4 is 15.5 Å². The summed E-state index contributed by atoms with van der Waals surface area (Å²) in [4.78, 5) is 16.0. The maximum Gasteiger partial charge on any atom is 0.224 e. The molecule has 0 saturated heterocycles. The van der Waals surface area contributed by atoms with Gasteiger partial charge in [-0.05, 0) is 42.0 Å². The van der Waals surface area contributed by atoms with Crippen molar-refractivity contribution >= 4 is 39.9 Å². The van der Waals surface area contributed by atoms with Gasteiger partial charge >= 0.3 is 0 Å². The van der Waals surface area contributed by atoms with E-state index >= 15 is 0 Å². The van der Waals surface area contributed by atoms with Crippen LogP contribution in [-0.4, -0.2) is 29.6 Å². The lowest BCUT2D eigenvalue weighted by atomic mass is 10.1. The fraction of sp³-hybridized carbons (Fsp3) is 0.211. The molecule has 0 bridgehead atoms. The fourth-order valence-electron chi connectivity index (χ4n) is 2.29. The molecule has 134 valence electrons. The Labute approximate surface area is 156 Å². The van der Waals surface area contributed by atoms with Gasteiger partial charge in [0.1, 0.15) is 5.75 Å². The van der Waals surface area contributed by atoms with Gasteiger partial charge in [-0.25, -0.2) is 4.99 Å². The van der Waals surface area contributed by atoms with E-state index in [0.29, 0.717) is 6.42 Å². The van der Waals surface area contributed by atoms with Crippen LogP contribution in [0.15, 0.2) is 58.6 Å². The van der Waals surface area contributed by atoms with Crippen LogP contribution in [0.1, 0.15) is 18.9 Å². The van der Waals surface area contributed by atoms with Gasteiger partial charge in [0.05, 0.1) is 18.5 Å². The number of hydrogen-bond donors (Lipinski definition) is 2. The van der Waals surface area contributed by atoms with E-state index in [1.54, 1.807) is 18.9 Å². The number of thioether (sulfide) groups is 1. The average Bonchev–Trinajstić information content (AvgIpc) is 2.70. The number of nitrogens with zero attached hydrogens (tertiary/aromatic N) is 2. The molecule has 26 heavy (non-hydrogen) atoms. The Hall–Kier alpha value is -2.80. The van der Waals surface area contributed by atoms with Crippen molar-refractivity contribution in [3.8, 4) is 5.75 Å². The van der Waals surface area contributed by atoms with Crippen LogP contribution in [0.2, 0.25) is 0 Å². The number of ether oxygens (including phenoxy) is 1. The number of methoxy groups -OCH3 is 1. The molecule has 2 aromatic carbocycles. The maximum atomic E-state index is 11.4. The number of amidine groups is 1. The van der Waals surface area contributed by atoms with Crippen LogP contribution in [0, 0.1) is 0 Å². The highest BCUT2D eigenvalue weighted by Gasteiger charge is 2.13. The summed E-state index contributed by atoms with van der Waals surface area (Å²) in [5, 5.41) is 8.01. The maximum absolute atomic E-state index is 11.4. The van der Waals surface area contributed by atoms with Crippen molar-refractivity contribution in [1.82, 2.24) is 5.43 Å². The third-order valence-corrected chi connectivity index (χ3v) is 4.63. The van der Waals surface area contributed by atoms with E-state index in [4.69, 9.17) is 4.74 Å². The number of hydrogen-bond acceptors (Lipinski definition) is 5. The third kappa shape index (κ3) is 4.64. The average molecular weight is 368 g/mol. The second kappa shape index (κ2) is 8.53. The van der Waals surface area contributed by atoms with Gasteiger partial charge in [0.2, 0.25) is 5.91 Å². The molecule has 1 aliphatic rings. The molecular formula is C19H20N4O2S. The minimum atomic E-state index is 0.00404. The molecule has 1 aliphatic heterocycles. The van der Waals surface area contributed by atoms with Crippen molar-refractivity contribution in [2.75, 3.05) is 18.2 Å². The molecule has 0 fully saturated rings. The Bertz CT molecular complexity index is 830. The van der Waals surface area contributed by atoms with Crippen molar-refractivity contribution in [3.63, 3.8) is 0 Å². The lowest BCUT2D eigenvalue weighted by Crippen LogP contribution is -2.25. The molecule has 1 heterocycles. The van der Waals surface area contributed by atoms with E-state index in [2.05, 4.69) is 20.8 Å². The molecule has 0 spiro atoms. The molecule has 2 N–H and O–H groups in total. The predicted molar refractivity (Wildman–Crippen MR) is 108 cm³/mol. The van der Waals surface area contributed by atoms with Crippen LogP contribution in [-0.2, 0) is 4.79 Å². The number of carbonyl (C=O) groups is 1. The van der Waals surface area contributed by atoms with Gasteiger partial charge in [0.25, 0.3) is 0 Å². The first kappa shape index (κ1) is 18.0. The molecule has 0 aliphatic carbocycles. The molecule has 3 rings (SSSR count). The van der Waals surface area contributed by atoms with Crippen LogP contribution in [0.3, 0.4) is 0 Å². The van der Waals surface area contributed by atoms with Gasteiger partial charge < -0.3 is 10.1 Å². The van der Waals surface area contributed by atoms with Crippen molar-refractivity contribution in [1.29, 1.82) is 0 Å². The van der Waals surface area contributed by atoms with Gasteiger partial charge in [0, 0.05) is 17.9 Å². The van der Waals surface area contributed by atoms with Crippen molar-refractivity contribution in [2.24, 2.45) is 10.1 Å². The van der Waals surface area contributed by atoms with Crippen molar-refractivity contribution < 1.29 is 9.53 Å². The van der Waals surface area contributed by atoms with Gasteiger partial charge in [-0.2, -0.15) is 5.10 Å². The van der Waals surface area contributed by atoms with E-state index in [1.165, 1.54) is 0 Å². The SMILES string of the molecule is CCC(=O)Nc1ccc(C2=NNC(=Nc3ccc(OC)cc3)SC2)cc1. The van der Waals surface area contributed by atoms with Crippen molar-refractivity contribution in [3.05, 3.63) is 54.1 Å². The van der Waals surface area contributed by atoms with Crippen LogP contribution in [0.25, 0.3) is 0 Å². The predicted octanol–water partition coefficient (Wildman–Crippen LogP) is 3.77. The largest absolute Gasteiger partial charge is 0.497 e. The molecule has 0 aromatic heterocycles. The van der Waals surface area contributed by atoms with Crippen LogP contribution in [0.4, 0.5) is 11.4 Å². The molecule has 2 aromatic rings. The molecule has 0 radical (unpaired) electrons. The minimum absolute atomic E-state index is 0.00404. The molecule has 6 nitrogen and oxygen atoms in total. The zero-order chi connectivity index (χ0) is 18.4. The number of anilines is 1. The lowest BCUT2D eigenvalue weighted by molar-refractivity contribution is -0.115. The summed E-state index contributed by atoms with van der Waals surface area (Å²) in [6.45, 7) is 1.83. The van der Waals surface area contributed by atoms with Crippen LogP contribution >= 0.6 is 11.8 Å². The molecule has 1 amide bonds. The van der Waals surface area contributed by atoms with Gasteiger partial charge in [-0.3, -0.25) is 10.2 Å². The van der Waals surface area contributed by atoms with E-state index in [-0.39, 0.29) is 5.91 Å². The Kier molecular flexibility index (Phi) is 5.91.